The summed E-state index contributed by atoms with van der Waals surface area (Å²) in [7, 11) is 0. The first-order valence-electron chi connectivity index (χ1n) is 4.98. The van der Waals surface area contributed by atoms with Crippen molar-refractivity contribution in [3.8, 4) is 0 Å². The van der Waals surface area contributed by atoms with E-state index in [1.54, 1.807) is 0 Å². The van der Waals surface area contributed by atoms with Crippen LogP contribution in [0.25, 0.3) is 0 Å². The van der Waals surface area contributed by atoms with Gasteiger partial charge in [-0.05, 0) is 0 Å². The van der Waals surface area contributed by atoms with E-state index in [2.05, 4.69) is 0 Å². The molecule has 2 unspecified atom stereocenters. The Bertz CT molecular complexity index is 278. The van der Waals surface area contributed by atoms with Gasteiger partial charge in [0.25, 0.3) is 0 Å². The van der Waals surface area contributed by atoms with Crippen LogP contribution < -0.4 is 0 Å². The second kappa shape index (κ2) is 6.15. The van der Waals surface area contributed by atoms with Crippen LogP contribution in [0.3, 0.4) is 0 Å². The normalized spacial score (nSPS) is 31.6. The van der Waals surface area contributed by atoms with Crippen LogP contribution in [0.4, 0.5) is 0 Å². The molecule has 0 fully saturated rings. The highest BCUT2D eigenvalue weighted by atomic mass is 16.7. The zero-order valence-corrected chi connectivity index (χ0v) is 8.93. The average molecular weight is 252 g/mol. The molecule has 1 aliphatic heterocycles. The molecule has 0 radical (unpaired) electrons. The third-order valence-corrected chi connectivity index (χ3v) is 2.25. The molecule has 0 spiro atoms. The molecular formula is C9H16O8. The lowest BCUT2D eigenvalue weighted by Crippen LogP contribution is -2.45. The number of rotatable bonds is 5. The van der Waals surface area contributed by atoms with Gasteiger partial charge >= 0.3 is 0 Å². The molecule has 17 heavy (non-hydrogen) atoms. The van der Waals surface area contributed by atoms with E-state index in [1.165, 1.54) is 0 Å². The summed E-state index contributed by atoms with van der Waals surface area (Å²) in [4.78, 5) is 0. The number of hydrogen-bond acceptors (Lipinski definition) is 8. The predicted octanol–water partition coefficient (Wildman–Crippen LogP) is -2.24. The zero-order chi connectivity index (χ0) is 13.0. The Morgan fingerprint density at radius 1 is 1.24 bits per heavy atom. The van der Waals surface area contributed by atoms with E-state index in [0.29, 0.717) is 0 Å². The summed E-state index contributed by atoms with van der Waals surface area (Å²) in [5.41, 5.74) is 0. The first kappa shape index (κ1) is 14.2. The Balaban J connectivity index is 2.66. The summed E-state index contributed by atoms with van der Waals surface area (Å²) in [6, 6.07) is 0. The monoisotopic (exact) mass is 252 g/mol. The van der Waals surface area contributed by atoms with E-state index in [9.17, 15) is 15.3 Å². The lowest BCUT2D eigenvalue weighted by Gasteiger charge is -2.32. The third kappa shape index (κ3) is 3.28. The minimum atomic E-state index is -1.54. The maximum atomic E-state index is 9.40. The molecule has 0 aliphatic carbocycles. The summed E-state index contributed by atoms with van der Waals surface area (Å²) < 4.78 is 9.82. The summed E-state index contributed by atoms with van der Waals surface area (Å²) in [5, 5.41) is 54.5. The van der Waals surface area contributed by atoms with Crippen LogP contribution in [-0.4, -0.2) is 75.1 Å². The van der Waals surface area contributed by atoms with Crippen molar-refractivity contribution in [1.82, 2.24) is 0 Å². The molecule has 0 aromatic heterocycles. The maximum Gasteiger partial charge on any atom is 0.220 e. The molecule has 8 heteroatoms. The van der Waals surface area contributed by atoms with Crippen molar-refractivity contribution < 1.29 is 40.1 Å². The Morgan fingerprint density at radius 3 is 2.41 bits per heavy atom. The zero-order valence-electron chi connectivity index (χ0n) is 8.93. The van der Waals surface area contributed by atoms with Gasteiger partial charge in [-0.15, -0.1) is 0 Å². The molecule has 1 aliphatic rings. The van der Waals surface area contributed by atoms with E-state index in [4.69, 9.17) is 24.8 Å². The van der Waals surface area contributed by atoms with Crippen LogP contribution >= 0.6 is 0 Å². The van der Waals surface area contributed by atoms with Gasteiger partial charge in [0.1, 0.15) is 18.3 Å². The summed E-state index contributed by atoms with van der Waals surface area (Å²) >= 11 is 0. The fraction of sp³-hybridized carbons (Fsp3) is 0.778. The SMILES string of the molecule is OCC(O)CO[C@H]1OC(CO)[C@@H](O)C(O)=C1O. The van der Waals surface area contributed by atoms with Crippen LogP contribution in [-0.2, 0) is 9.47 Å². The van der Waals surface area contributed by atoms with E-state index >= 15 is 0 Å². The number of hydrogen-bond donors (Lipinski definition) is 6. The molecule has 1 heterocycles. The van der Waals surface area contributed by atoms with Gasteiger partial charge in [-0.25, -0.2) is 0 Å². The highest BCUT2D eigenvalue weighted by Gasteiger charge is 2.37. The minimum absolute atomic E-state index is 0.341. The largest absolute Gasteiger partial charge is 0.506 e. The van der Waals surface area contributed by atoms with Crippen LogP contribution in [0.5, 0.6) is 0 Å². The van der Waals surface area contributed by atoms with Gasteiger partial charge < -0.3 is 40.1 Å². The summed E-state index contributed by atoms with van der Waals surface area (Å²) in [5.74, 6) is -1.48. The predicted molar refractivity (Wildman–Crippen MR) is 53.1 cm³/mol. The van der Waals surface area contributed by atoms with Gasteiger partial charge in [-0.1, -0.05) is 0 Å². The van der Waals surface area contributed by atoms with Crippen molar-refractivity contribution in [2.24, 2.45) is 0 Å². The van der Waals surface area contributed by atoms with Crippen LogP contribution in [0.15, 0.2) is 11.5 Å². The lowest BCUT2D eigenvalue weighted by molar-refractivity contribution is -0.218. The molecule has 0 saturated carbocycles. The number of aliphatic hydroxyl groups excluding tert-OH is 6. The van der Waals surface area contributed by atoms with Crippen LogP contribution in [0.2, 0.25) is 0 Å². The van der Waals surface area contributed by atoms with Crippen molar-refractivity contribution in [1.29, 1.82) is 0 Å². The molecular weight excluding hydrogens is 236 g/mol. The topological polar surface area (TPSA) is 140 Å². The second-order valence-corrected chi connectivity index (χ2v) is 3.57. The lowest BCUT2D eigenvalue weighted by atomic mass is 10.1. The summed E-state index contributed by atoms with van der Waals surface area (Å²) in [6.45, 7) is -1.46. The molecule has 4 atom stereocenters. The van der Waals surface area contributed by atoms with E-state index in [-0.39, 0.29) is 6.61 Å². The van der Waals surface area contributed by atoms with Crippen LogP contribution in [0.1, 0.15) is 0 Å². The Morgan fingerprint density at radius 2 is 1.88 bits per heavy atom. The molecule has 0 aromatic rings. The average Bonchev–Trinajstić information content (AvgIpc) is 2.34. The van der Waals surface area contributed by atoms with Gasteiger partial charge in [0.2, 0.25) is 6.29 Å². The van der Waals surface area contributed by atoms with Crippen LogP contribution in [0, 0.1) is 0 Å². The fourth-order valence-corrected chi connectivity index (χ4v) is 1.26. The smallest absolute Gasteiger partial charge is 0.220 e. The molecule has 1 rings (SSSR count). The van der Waals surface area contributed by atoms with Gasteiger partial charge in [0, 0.05) is 0 Å². The fourth-order valence-electron chi connectivity index (χ4n) is 1.26. The highest BCUT2D eigenvalue weighted by molar-refractivity contribution is 5.12. The van der Waals surface area contributed by atoms with Crippen molar-refractivity contribution >= 4 is 0 Å². The molecule has 0 amide bonds. The first-order chi connectivity index (χ1) is 8.01. The number of ether oxygens (including phenoxy) is 2. The molecule has 6 N–H and O–H groups in total. The quantitative estimate of drug-likeness (QED) is 0.323. The minimum Gasteiger partial charge on any atom is -0.506 e. The summed E-state index contributed by atoms with van der Waals surface area (Å²) in [6.07, 6.45) is -5.24. The van der Waals surface area contributed by atoms with Gasteiger partial charge in [0.15, 0.2) is 11.5 Å². The molecule has 100 valence electrons. The standard InChI is InChI=1S/C9H16O8/c10-1-4(12)3-16-9-8(15)7(14)6(13)5(2-11)17-9/h4-6,9-15H,1-3H2/t4?,5?,6-,9+/m1/s1. The van der Waals surface area contributed by atoms with Gasteiger partial charge in [-0.3, -0.25) is 0 Å². The van der Waals surface area contributed by atoms with Crippen molar-refractivity contribution in [3.05, 3.63) is 11.5 Å². The number of aliphatic hydroxyl groups is 6. The van der Waals surface area contributed by atoms with E-state index in [1.807, 2.05) is 0 Å². The third-order valence-electron chi connectivity index (χ3n) is 2.25. The second-order valence-electron chi connectivity index (χ2n) is 3.57. The van der Waals surface area contributed by atoms with Crippen molar-refractivity contribution in [3.63, 3.8) is 0 Å². The van der Waals surface area contributed by atoms with Gasteiger partial charge in [-0.2, -0.15) is 0 Å². The van der Waals surface area contributed by atoms with Gasteiger partial charge in [0.05, 0.1) is 19.8 Å². The molecule has 0 aromatic carbocycles. The van der Waals surface area contributed by atoms with Crippen molar-refractivity contribution in [2.45, 2.75) is 24.6 Å². The molecule has 0 bridgehead atoms. The highest BCUT2D eigenvalue weighted by Crippen LogP contribution is 2.23. The Hall–Kier alpha value is -0.900. The first-order valence-corrected chi connectivity index (χ1v) is 4.98. The Kier molecular flexibility index (Phi) is 5.12. The molecule has 0 saturated heterocycles. The maximum absolute atomic E-state index is 9.40. The Labute approximate surface area is 97.0 Å². The van der Waals surface area contributed by atoms with Crippen molar-refractivity contribution in [2.75, 3.05) is 19.8 Å². The van der Waals surface area contributed by atoms with E-state index < -0.39 is 49.3 Å². The molecule has 8 nitrogen and oxygen atoms in total. The van der Waals surface area contributed by atoms with E-state index in [0.717, 1.165) is 0 Å².